The second-order valence-electron chi connectivity index (χ2n) is 3.83. The zero-order valence-corrected chi connectivity index (χ0v) is 9.09. The van der Waals surface area contributed by atoms with Crippen LogP contribution in [0.25, 0.3) is 0 Å². The minimum absolute atomic E-state index is 0.00254. The average Bonchev–Trinajstić information content (AvgIpc) is 2.87. The minimum Gasteiger partial charge on any atom is -0.394 e. The van der Waals surface area contributed by atoms with Gasteiger partial charge in [-0.05, 0) is 0 Å². The number of hydrogen-bond acceptors (Lipinski definition) is 7. The summed E-state index contributed by atoms with van der Waals surface area (Å²) in [7, 11) is 0. The van der Waals surface area contributed by atoms with Gasteiger partial charge in [0.05, 0.1) is 6.61 Å². The predicted octanol–water partition coefficient (Wildman–Crippen LogP) is -1.91. The van der Waals surface area contributed by atoms with E-state index in [2.05, 4.69) is 10.1 Å². The molecule has 1 aliphatic heterocycles. The topological polar surface area (TPSA) is 118 Å². The Morgan fingerprint density at radius 2 is 2.24 bits per heavy atom. The van der Waals surface area contributed by atoms with Gasteiger partial charge in [0.25, 0.3) is 0 Å². The van der Waals surface area contributed by atoms with Crippen LogP contribution in [0.1, 0.15) is 23.8 Å². The van der Waals surface area contributed by atoms with Gasteiger partial charge < -0.3 is 20.1 Å². The zero-order chi connectivity index (χ0) is 12.6. The molecule has 0 radical (unpaired) electrons. The van der Waals surface area contributed by atoms with Crippen molar-refractivity contribution in [3.8, 4) is 0 Å². The van der Waals surface area contributed by atoms with Gasteiger partial charge in [-0.25, -0.2) is 9.67 Å². The Balaban J connectivity index is 2.19. The van der Waals surface area contributed by atoms with E-state index in [9.17, 15) is 15.0 Å². The molecule has 2 rings (SSSR count). The van der Waals surface area contributed by atoms with E-state index >= 15 is 0 Å². The number of rotatable bonds is 3. The predicted molar refractivity (Wildman–Crippen MR) is 53.0 cm³/mol. The van der Waals surface area contributed by atoms with Gasteiger partial charge in [0.15, 0.2) is 12.0 Å². The van der Waals surface area contributed by atoms with E-state index in [1.54, 1.807) is 0 Å². The van der Waals surface area contributed by atoms with E-state index in [4.69, 9.17) is 9.84 Å². The first-order chi connectivity index (χ1) is 8.04. The van der Waals surface area contributed by atoms with Crippen LogP contribution >= 0.6 is 0 Å². The molecule has 94 valence electrons. The van der Waals surface area contributed by atoms with Crippen molar-refractivity contribution >= 4 is 5.78 Å². The van der Waals surface area contributed by atoms with Gasteiger partial charge in [-0.2, -0.15) is 0 Å². The van der Waals surface area contributed by atoms with Crippen molar-refractivity contribution in [3.05, 3.63) is 12.2 Å². The number of aromatic nitrogens is 3. The number of ether oxygens (including phenoxy) is 1. The lowest BCUT2D eigenvalue weighted by Gasteiger charge is -2.13. The van der Waals surface area contributed by atoms with Gasteiger partial charge in [0.2, 0.25) is 5.82 Å². The molecule has 0 amide bonds. The number of hydrogen-bond donors (Lipinski definition) is 3. The van der Waals surface area contributed by atoms with Crippen LogP contribution in [-0.4, -0.2) is 60.8 Å². The van der Waals surface area contributed by atoms with Gasteiger partial charge in [-0.3, -0.25) is 4.79 Å². The highest BCUT2D eigenvalue weighted by atomic mass is 16.6. The van der Waals surface area contributed by atoms with Gasteiger partial charge in [-0.1, -0.05) is 0 Å². The lowest BCUT2D eigenvalue weighted by Crippen LogP contribution is -2.33. The fourth-order valence-electron chi connectivity index (χ4n) is 1.66. The number of carbonyl (C=O) groups excluding carboxylic acids is 1. The van der Waals surface area contributed by atoms with Crippen LogP contribution in [0.4, 0.5) is 0 Å². The summed E-state index contributed by atoms with van der Waals surface area (Å²) in [5.74, 6) is -0.307. The maximum atomic E-state index is 11.0. The lowest BCUT2D eigenvalue weighted by atomic mass is 10.1. The van der Waals surface area contributed by atoms with E-state index in [1.807, 2.05) is 0 Å². The zero-order valence-electron chi connectivity index (χ0n) is 9.09. The maximum Gasteiger partial charge on any atom is 0.217 e. The third kappa shape index (κ3) is 2.07. The monoisotopic (exact) mass is 243 g/mol. The Morgan fingerprint density at radius 1 is 1.53 bits per heavy atom. The number of aliphatic hydroxyl groups is 3. The number of aliphatic hydroxyl groups excluding tert-OH is 3. The maximum absolute atomic E-state index is 11.0. The summed E-state index contributed by atoms with van der Waals surface area (Å²) in [5, 5.41) is 32.0. The number of ketones is 1. The van der Waals surface area contributed by atoms with E-state index in [0.29, 0.717) is 0 Å². The largest absolute Gasteiger partial charge is 0.394 e. The molecule has 1 saturated heterocycles. The van der Waals surface area contributed by atoms with Crippen molar-refractivity contribution in [2.24, 2.45) is 0 Å². The Bertz CT molecular complexity index is 421. The summed E-state index contributed by atoms with van der Waals surface area (Å²) in [6, 6.07) is 0. The van der Waals surface area contributed by atoms with Crippen molar-refractivity contribution in [2.75, 3.05) is 6.61 Å². The van der Waals surface area contributed by atoms with Crippen LogP contribution in [0.3, 0.4) is 0 Å². The molecule has 1 aliphatic rings. The molecule has 4 atom stereocenters. The molecule has 17 heavy (non-hydrogen) atoms. The second-order valence-corrected chi connectivity index (χ2v) is 3.83. The van der Waals surface area contributed by atoms with Crippen molar-refractivity contribution in [3.63, 3.8) is 0 Å². The molecule has 1 unspecified atom stereocenters. The summed E-state index contributed by atoms with van der Waals surface area (Å²) in [5.41, 5.74) is 0. The van der Waals surface area contributed by atoms with Crippen molar-refractivity contribution in [1.82, 2.24) is 14.8 Å². The van der Waals surface area contributed by atoms with Gasteiger partial charge in [0, 0.05) is 6.92 Å². The first kappa shape index (κ1) is 12.1. The van der Waals surface area contributed by atoms with Crippen LogP contribution in [0.15, 0.2) is 6.33 Å². The summed E-state index contributed by atoms with van der Waals surface area (Å²) >= 11 is 0. The van der Waals surface area contributed by atoms with E-state index in [-0.39, 0.29) is 11.6 Å². The van der Waals surface area contributed by atoms with Gasteiger partial charge in [-0.15, -0.1) is 5.10 Å². The number of nitrogens with zero attached hydrogens (tertiary/aromatic N) is 3. The molecule has 1 fully saturated rings. The molecule has 8 nitrogen and oxygen atoms in total. The Morgan fingerprint density at radius 3 is 2.71 bits per heavy atom. The molecule has 1 aromatic rings. The van der Waals surface area contributed by atoms with E-state index in [0.717, 1.165) is 4.68 Å². The van der Waals surface area contributed by atoms with Crippen molar-refractivity contribution < 1.29 is 24.9 Å². The third-order valence-corrected chi connectivity index (χ3v) is 2.60. The highest BCUT2D eigenvalue weighted by Gasteiger charge is 2.43. The van der Waals surface area contributed by atoms with Gasteiger partial charge in [0.1, 0.15) is 24.6 Å². The molecule has 0 spiro atoms. The molecule has 0 bridgehead atoms. The smallest absolute Gasteiger partial charge is 0.217 e. The van der Waals surface area contributed by atoms with Crippen molar-refractivity contribution in [1.29, 1.82) is 0 Å². The first-order valence-corrected chi connectivity index (χ1v) is 5.09. The third-order valence-electron chi connectivity index (χ3n) is 2.60. The fraction of sp³-hybridized carbons (Fsp3) is 0.667. The number of Topliss-reactive ketones (excluding diaryl/α,β-unsaturated/α-hetero) is 1. The quantitative estimate of drug-likeness (QED) is 0.530. The van der Waals surface area contributed by atoms with Crippen LogP contribution in [0.2, 0.25) is 0 Å². The molecule has 2 heterocycles. The molecule has 0 saturated carbocycles. The normalized spacial score (nSPS) is 32.9. The van der Waals surface area contributed by atoms with Crippen LogP contribution < -0.4 is 0 Å². The van der Waals surface area contributed by atoms with Crippen LogP contribution in [0, 0.1) is 0 Å². The highest BCUT2D eigenvalue weighted by Crippen LogP contribution is 2.28. The minimum atomic E-state index is -1.23. The lowest BCUT2D eigenvalue weighted by molar-refractivity contribution is -0.0588. The van der Waals surface area contributed by atoms with Gasteiger partial charge >= 0.3 is 0 Å². The van der Waals surface area contributed by atoms with Crippen LogP contribution in [-0.2, 0) is 4.74 Å². The highest BCUT2D eigenvalue weighted by molar-refractivity contribution is 5.89. The van der Waals surface area contributed by atoms with Crippen molar-refractivity contribution in [2.45, 2.75) is 31.5 Å². The average molecular weight is 243 g/mol. The molecule has 1 aromatic heterocycles. The Kier molecular flexibility index (Phi) is 3.20. The molecule has 0 aliphatic carbocycles. The summed E-state index contributed by atoms with van der Waals surface area (Å²) in [6.45, 7) is 0.903. The Labute approximate surface area is 96.5 Å². The summed E-state index contributed by atoms with van der Waals surface area (Å²) in [6.07, 6.45) is -3.02. The summed E-state index contributed by atoms with van der Waals surface area (Å²) < 4.78 is 6.37. The first-order valence-electron chi connectivity index (χ1n) is 5.09. The SMILES string of the molecule is CC(=O)c1ncn([C@@H]2O[C@H](CO)C(O)[C@@H]2O)n1. The molecule has 8 heteroatoms. The fourth-order valence-corrected chi connectivity index (χ4v) is 1.66. The molecular formula is C9H13N3O5. The number of carbonyl (C=O) groups is 1. The van der Waals surface area contributed by atoms with E-state index in [1.165, 1.54) is 13.3 Å². The molecule has 0 aromatic carbocycles. The molecular weight excluding hydrogens is 230 g/mol. The van der Waals surface area contributed by atoms with Crippen LogP contribution in [0.5, 0.6) is 0 Å². The summed E-state index contributed by atoms with van der Waals surface area (Å²) in [4.78, 5) is 14.7. The molecule has 3 N–H and O–H groups in total. The Hall–Kier alpha value is -1.35. The standard InChI is InChI=1S/C9H13N3O5/c1-4(14)8-10-3-12(11-8)9-7(16)6(15)5(2-13)17-9/h3,5-7,9,13,15-16H,2H2,1H3/t5-,6?,7+,9-/m1/s1. The second kappa shape index (κ2) is 4.49. The van der Waals surface area contributed by atoms with E-state index < -0.39 is 31.1 Å².